The van der Waals surface area contributed by atoms with Crippen molar-refractivity contribution in [2.45, 2.75) is 32.4 Å². The zero-order valence-corrected chi connectivity index (χ0v) is 20.8. The molecule has 0 amide bonds. The summed E-state index contributed by atoms with van der Waals surface area (Å²) in [7, 11) is 1.90. The lowest BCUT2D eigenvalue weighted by Gasteiger charge is -2.33. The fourth-order valence-electron chi connectivity index (χ4n) is 6.21. The Kier molecular flexibility index (Phi) is 5.11. The second kappa shape index (κ2) is 8.52. The van der Waals surface area contributed by atoms with Crippen LogP contribution in [0.4, 0.5) is 0 Å². The van der Waals surface area contributed by atoms with Gasteiger partial charge in [0, 0.05) is 43.0 Å². The van der Waals surface area contributed by atoms with Gasteiger partial charge in [-0.05, 0) is 49.4 Å². The molecule has 0 radical (unpaired) electrons. The maximum absolute atomic E-state index is 12.6. The lowest BCUT2D eigenvalue weighted by Crippen LogP contribution is -2.27. The van der Waals surface area contributed by atoms with E-state index < -0.39 is 0 Å². The Hall–Kier alpha value is -4.04. The summed E-state index contributed by atoms with van der Waals surface area (Å²) in [6.07, 6.45) is 3.82. The molecule has 0 saturated carbocycles. The number of nitrogens with zero attached hydrogens (tertiary/aromatic N) is 5. The van der Waals surface area contributed by atoms with E-state index in [1.807, 2.05) is 32.3 Å². The second-order valence-electron chi connectivity index (χ2n) is 9.98. The molecule has 7 rings (SSSR count). The average molecular weight is 494 g/mol. The summed E-state index contributed by atoms with van der Waals surface area (Å²) < 4.78 is 15.5. The Balaban J connectivity index is 1.59. The maximum atomic E-state index is 12.6. The number of fused-ring (bicyclic) bond motifs is 5. The van der Waals surface area contributed by atoms with Crippen LogP contribution in [0.5, 0.6) is 0 Å². The molecule has 8 heteroatoms. The Bertz CT molecular complexity index is 1640. The van der Waals surface area contributed by atoms with Gasteiger partial charge in [-0.2, -0.15) is 0 Å². The minimum atomic E-state index is -0.263. The van der Waals surface area contributed by atoms with Crippen molar-refractivity contribution in [3.05, 3.63) is 77.1 Å². The molecule has 37 heavy (non-hydrogen) atoms. The first-order valence-electron chi connectivity index (χ1n) is 12.7. The first kappa shape index (κ1) is 22.2. The molecule has 1 unspecified atom stereocenters. The van der Waals surface area contributed by atoms with Gasteiger partial charge in [-0.15, -0.1) is 5.10 Å². The van der Waals surface area contributed by atoms with Crippen LogP contribution in [0.15, 0.2) is 54.7 Å². The molecular weight excluding hydrogens is 466 g/mol. The minimum Gasteiger partial charge on any atom is -0.457 e. The van der Waals surface area contributed by atoms with Crippen molar-refractivity contribution in [3.63, 3.8) is 0 Å². The van der Waals surface area contributed by atoms with Gasteiger partial charge < -0.3 is 14.0 Å². The summed E-state index contributed by atoms with van der Waals surface area (Å²) in [5, 5.41) is 9.51. The molecule has 0 aliphatic carbocycles. The first-order chi connectivity index (χ1) is 18.1. The third-order valence-corrected chi connectivity index (χ3v) is 7.87. The van der Waals surface area contributed by atoms with Crippen LogP contribution in [0, 0.1) is 12.8 Å². The van der Waals surface area contributed by atoms with Gasteiger partial charge in [0.25, 0.3) is 0 Å². The average Bonchev–Trinajstić information content (AvgIpc) is 3.58. The summed E-state index contributed by atoms with van der Waals surface area (Å²) in [5.41, 5.74) is 8.55. The Morgan fingerprint density at radius 1 is 1.08 bits per heavy atom. The Morgan fingerprint density at radius 3 is 2.65 bits per heavy atom. The lowest BCUT2D eigenvalue weighted by molar-refractivity contribution is 0.0532. The molecule has 0 bridgehead atoms. The number of hydrogen-bond donors (Lipinski definition) is 0. The number of carbonyl (C=O) groups excluding carboxylic acids is 1. The molecular formula is C29H27N5O3. The zero-order valence-electron chi connectivity index (χ0n) is 20.8. The van der Waals surface area contributed by atoms with E-state index in [2.05, 4.69) is 51.3 Å². The fraction of sp³-hybridized carbons (Fsp3) is 0.310. The summed E-state index contributed by atoms with van der Waals surface area (Å²) in [5.74, 6) is 0.105. The maximum Gasteiger partial charge on any atom is 0.338 e. The molecule has 0 N–H and O–H groups in total. The van der Waals surface area contributed by atoms with Crippen LogP contribution >= 0.6 is 0 Å². The van der Waals surface area contributed by atoms with Crippen molar-refractivity contribution in [1.82, 2.24) is 24.5 Å². The van der Waals surface area contributed by atoms with Crippen molar-refractivity contribution >= 4 is 27.9 Å². The van der Waals surface area contributed by atoms with Gasteiger partial charge in [-0.25, -0.2) is 9.48 Å². The van der Waals surface area contributed by atoms with Gasteiger partial charge in [0.05, 0.1) is 39.5 Å². The minimum absolute atomic E-state index is 0.0510. The van der Waals surface area contributed by atoms with Gasteiger partial charge in [0.15, 0.2) is 0 Å². The molecule has 5 heterocycles. The monoisotopic (exact) mass is 493 g/mol. The highest BCUT2D eigenvalue weighted by atomic mass is 16.5. The number of aromatic nitrogens is 5. The van der Waals surface area contributed by atoms with E-state index in [1.165, 1.54) is 5.56 Å². The van der Waals surface area contributed by atoms with Gasteiger partial charge in [-0.1, -0.05) is 35.5 Å². The number of esters is 1. The molecule has 0 spiro atoms. The number of rotatable bonds is 4. The number of aryl methyl sites for hydroxylation is 2. The van der Waals surface area contributed by atoms with E-state index in [-0.39, 0.29) is 18.6 Å². The van der Waals surface area contributed by atoms with E-state index in [0.717, 1.165) is 70.5 Å². The molecule has 1 fully saturated rings. The predicted octanol–water partition coefficient (Wildman–Crippen LogP) is 4.98. The predicted molar refractivity (Wildman–Crippen MR) is 139 cm³/mol. The number of carbonyl (C=O) groups is 1. The van der Waals surface area contributed by atoms with E-state index in [9.17, 15) is 4.79 Å². The third-order valence-electron chi connectivity index (χ3n) is 7.87. The highest BCUT2D eigenvalue weighted by Crippen LogP contribution is 2.43. The van der Waals surface area contributed by atoms with Crippen LogP contribution in [0.1, 0.15) is 46.1 Å². The number of pyridine rings is 1. The van der Waals surface area contributed by atoms with Crippen molar-refractivity contribution < 1.29 is 14.3 Å². The molecule has 1 saturated heterocycles. The van der Waals surface area contributed by atoms with Gasteiger partial charge in [0.1, 0.15) is 6.61 Å². The number of benzene rings is 2. The largest absolute Gasteiger partial charge is 0.457 e. The van der Waals surface area contributed by atoms with Gasteiger partial charge in [-0.3, -0.25) is 4.98 Å². The topological polar surface area (TPSA) is 84.1 Å². The number of ether oxygens (including phenoxy) is 2. The second-order valence-corrected chi connectivity index (χ2v) is 9.98. The molecule has 186 valence electrons. The standard InChI is InChI=1S/C29H27N5O3/c1-17-26(33(2)32-31-17)20-14-24-25(30-15-20)22-9-8-21-23(16-37-29(21)35)28(22)34(24)27(18-6-4-3-5-7-18)19-10-12-36-13-11-19/h3-9,14-15,19,27H,10-13,16H2,1-2H3. The van der Waals surface area contributed by atoms with Crippen LogP contribution in [0.3, 0.4) is 0 Å². The molecule has 1 atom stereocenters. The quantitative estimate of drug-likeness (QED) is 0.328. The van der Waals surface area contributed by atoms with Crippen molar-refractivity contribution in [2.75, 3.05) is 13.2 Å². The van der Waals surface area contributed by atoms with Crippen LogP contribution in [-0.2, 0) is 23.1 Å². The van der Waals surface area contributed by atoms with Crippen LogP contribution in [0.25, 0.3) is 33.2 Å². The van der Waals surface area contributed by atoms with Crippen LogP contribution in [0.2, 0.25) is 0 Å². The third kappa shape index (κ3) is 3.39. The molecule has 2 aromatic carbocycles. The number of hydrogen-bond acceptors (Lipinski definition) is 6. The summed E-state index contributed by atoms with van der Waals surface area (Å²) in [6.45, 7) is 3.73. The Morgan fingerprint density at radius 2 is 1.89 bits per heavy atom. The number of cyclic esters (lactones) is 1. The van der Waals surface area contributed by atoms with E-state index in [1.54, 1.807) is 4.68 Å². The SMILES string of the molecule is Cc1nnn(C)c1-c1cnc2c3ccc4c(c3n(C(c3ccccc3)C3CCOCC3)c2c1)COC4=O. The molecule has 3 aromatic heterocycles. The first-order valence-corrected chi connectivity index (χ1v) is 12.7. The van der Waals surface area contributed by atoms with E-state index >= 15 is 0 Å². The molecule has 8 nitrogen and oxygen atoms in total. The molecule has 2 aliphatic heterocycles. The Labute approximate surface area is 213 Å². The van der Waals surface area contributed by atoms with Crippen molar-refractivity contribution in [2.24, 2.45) is 13.0 Å². The van der Waals surface area contributed by atoms with Crippen LogP contribution < -0.4 is 0 Å². The highest BCUT2D eigenvalue weighted by molar-refractivity contribution is 6.11. The van der Waals surface area contributed by atoms with E-state index in [4.69, 9.17) is 14.5 Å². The van der Waals surface area contributed by atoms with E-state index in [0.29, 0.717) is 11.5 Å². The highest BCUT2D eigenvalue weighted by Gasteiger charge is 2.33. The fourth-order valence-corrected chi connectivity index (χ4v) is 6.21. The smallest absolute Gasteiger partial charge is 0.338 e. The summed E-state index contributed by atoms with van der Waals surface area (Å²) >= 11 is 0. The van der Waals surface area contributed by atoms with Gasteiger partial charge >= 0.3 is 5.97 Å². The zero-order chi connectivity index (χ0) is 25.1. The van der Waals surface area contributed by atoms with Crippen LogP contribution in [-0.4, -0.2) is 43.7 Å². The molecule has 2 aliphatic rings. The van der Waals surface area contributed by atoms with Crippen molar-refractivity contribution in [1.29, 1.82) is 0 Å². The van der Waals surface area contributed by atoms with Crippen molar-refractivity contribution in [3.8, 4) is 11.3 Å². The summed E-state index contributed by atoms with van der Waals surface area (Å²) in [4.78, 5) is 17.6. The normalized spacial score (nSPS) is 16.9. The van der Waals surface area contributed by atoms with Gasteiger partial charge in [0.2, 0.25) is 0 Å². The molecule has 5 aromatic rings. The summed E-state index contributed by atoms with van der Waals surface area (Å²) in [6, 6.07) is 16.8. The lowest BCUT2D eigenvalue weighted by atomic mass is 9.86.